The van der Waals surface area contributed by atoms with Crippen molar-refractivity contribution < 1.29 is 0 Å². The monoisotopic (exact) mass is 220 g/mol. The van der Waals surface area contributed by atoms with Gasteiger partial charge in [0.2, 0.25) is 0 Å². The van der Waals surface area contributed by atoms with Crippen molar-refractivity contribution in [3.8, 4) is 0 Å². The Hall–Kier alpha value is -0.890. The Bertz CT molecular complexity index is 290. The van der Waals surface area contributed by atoms with Gasteiger partial charge in [-0.1, -0.05) is 19.9 Å². The lowest BCUT2D eigenvalue weighted by atomic mass is 10.0. The second kappa shape index (κ2) is 6.64. The molecule has 0 amide bonds. The number of hydrogen-bond acceptors (Lipinski definition) is 2. The Morgan fingerprint density at radius 1 is 1.19 bits per heavy atom. The molecule has 1 N–H and O–H groups in total. The van der Waals surface area contributed by atoms with E-state index in [2.05, 4.69) is 50.1 Å². The summed E-state index contributed by atoms with van der Waals surface area (Å²) < 4.78 is 0. The van der Waals surface area contributed by atoms with E-state index in [0.717, 1.165) is 18.2 Å². The van der Waals surface area contributed by atoms with Crippen LogP contribution in [0.15, 0.2) is 18.3 Å². The molecule has 0 aliphatic carbocycles. The van der Waals surface area contributed by atoms with E-state index in [1.807, 2.05) is 6.20 Å². The Balaban J connectivity index is 2.26. The van der Waals surface area contributed by atoms with Crippen molar-refractivity contribution in [1.29, 1.82) is 0 Å². The lowest BCUT2D eigenvalue weighted by Crippen LogP contribution is -2.26. The molecule has 16 heavy (non-hydrogen) atoms. The minimum Gasteiger partial charge on any atom is -0.309 e. The highest BCUT2D eigenvalue weighted by atomic mass is 14.9. The van der Waals surface area contributed by atoms with Crippen LogP contribution in [0.1, 0.15) is 44.9 Å². The fourth-order valence-corrected chi connectivity index (χ4v) is 1.57. The highest BCUT2D eigenvalue weighted by molar-refractivity contribution is 5.11. The maximum absolute atomic E-state index is 4.38. The number of pyridine rings is 1. The minimum absolute atomic E-state index is 0.575. The zero-order valence-corrected chi connectivity index (χ0v) is 11.0. The van der Waals surface area contributed by atoms with Crippen molar-refractivity contribution in [3.05, 3.63) is 29.6 Å². The molecule has 0 aliphatic rings. The van der Waals surface area contributed by atoms with Crippen LogP contribution >= 0.6 is 0 Å². The normalized spacial score (nSPS) is 13.1. The van der Waals surface area contributed by atoms with Crippen molar-refractivity contribution in [2.45, 2.75) is 53.1 Å². The van der Waals surface area contributed by atoms with Gasteiger partial charge in [0.05, 0.1) is 5.69 Å². The van der Waals surface area contributed by atoms with E-state index in [4.69, 9.17) is 0 Å². The molecule has 0 spiro atoms. The molecule has 2 nitrogen and oxygen atoms in total. The van der Waals surface area contributed by atoms with Crippen LogP contribution in [0.25, 0.3) is 0 Å². The third-order valence-electron chi connectivity index (χ3n) is 2.78. The summed E-state index contributed by atoms with van der Waals surface area (Å²) in [6, 6.07) is 4.78. The molecule has 0 aromatic carbocycles. The van der Waals surface area contributed by atoms with Gasteiger partial charge in [0, 0.05) is 18.8 Å². The molecule has 2 heteroatoms. The highest BCUT2D eigenvalue weighted by Crippen LogP contribution is 2.07. The molecular formula is C14H24N2. The van der Waals surface area contributed by atoms with Crippen molar-refractivity contribution in [1.82, 2.24) is 10.3 Å². The van der Waals surface area contributed by atoms with Crippen LogP contribution < -0.4 is 5.32 Å². The van der Waals surface area contributed by atoms with Gasteiger partial charge in [-0.25, -0.2) is 0 Å². The number of nitrogens with zero attached hydrogens (tertiary/aromatic N) is 1. The van der Waals surface area contributed by atoms with Crippen LogP contribution in [0.3, 0.4) is 0 Å². The van der Waals surface area contributed by atoms with E-state index in [1.165, 1.54) is 18.4 Å². The van der Waals surface area contributed by atoms with Crippen LogP contribution in [0.4, 0.5) is 0 Å². The van der Waals surface area contributed by atoms with Gasteiger partial charge in [-0.2, -0.15) is 0 Å². The average molecular weight is 220 g/mol. The minimum atomic E-state index is 0.575. The number of nitrogens with one attached hydrogen (secondary N) is 1. The van der Waals surface area contributed by atoms with E-state index in [1.54, 1.807) is 0 Å². The van der Waals surface area contributed by atoms with Gasteiger partial charge in [0.15, 0.2) is 0 Å². The zero-order chi connectivity index (χ0) is 12.0. The van der Waals surface area contributed by atoms with Crippen molar-refractivity contribution >= 4 is 0 Å². The van der Waals surface area contributed by atoms with E-state index in [0.29, 0.717) is 6.04 Å². The Morgan fingerprint density at radius 2 is 1.94 bits per heavy atom. The van der Waals surface area contributed by atoms with E-state index < -0.39 is 0 Å². The first-order chi connectivity index (χ1) is 7.58. The number of aromatic nitrogens is 1. The maximum Gasteiger partial charge on any atom is 0.0541 e. The summed E-state index contributed by atoms with van der Waals surface area (Å²) in [6.45, 7) is 9.73. The lowest BCUT2D eigenvalue weighted by molar-refractivity contribution is 0.449. The quantitative estimate of drug-likeness (QED) is 0.795. The topological polar surface area (TPSA) is 24.9 Å². The predicted octanol–water partition coefficient (Wildman–Crippen LogP) is 3.30. The maximum atomic E-state index is 4.38. The molecule has 1 rings (SSSR count). The predicted molar refractivity (Wildman–Crippen MR) is 69.3 cm³/mol. The first kappa shape index (κ1) is 13.2. The average Bonchev–Trinajstić information content (AvgIpc) is 2.25. The SMILES string of the molecule is Cc1ccc(CNC(C)CCC(C)C)nc1. The molecule has 0 saturated heterocycles. The van der Waals surface area contributed by atoms with Crippen LogP contribution in [0, 0.1) is 12.8 Å². The summed E-state index contributed by atoms with van der Waals surface area (Å²) in [5.74, 6) is 0.793. The third-order valence-corrected chi connectivity index (χ3v) is 2.78. The van der Waals surface area contributed by atoms with Gasteiger partial charge in [-0.05, 0) is 44.2 Å². The molecule has 1 unspecified atom stereocenters. The molecule has 1 atom stereocenters. The van der Waals surface area contributed by atoms with Gasteiger partial charge in [-0.15, -0.1) is 0 Å². The first-order valence-electron chi connectivity index (χ1n) is 6.23. The van der Waals surface area contributed by atoms with Gasteiger partial charge < -0.3 is 5.32 Å². The van der Waals surface area contributed by atoms with Crippen molar-refractivity contribution in [3.63, 3.8) is 0 Å². The summed E-state index contributed by atoms with van der Waals surface area (Å²) in [6.07, 6.45) is 4.45. The van der Waals surface area contributed by atoms with E-state index in [-0.39, 0.29) is 0 Å². The highest BCUT2D eigenvalue weighted by Gasteiger charge is 2.03. The van der Waals surface area contributed by atoms with Gasteiger partial charge in [-0.3, -0.25) is 4.98 Å². The van der Waals surface area contributed by atoms with Crippen LogP contribution in [0.2, 0.25) is 0 Å². The molecule has 0 radical (unpaired) electrons. The van der Waals surface area contributed by atoms with Crippen LogP contribution in [-0.2, 0) is 6.54 Å². The Morgan fingerprint density at radius 3 is 2.50 bits per heavy atom. The van der Waals surface area contributed by atoms with E-state index in [9.17, 15) is 0 Å². The molecule has 0 bridgehead atoms. The molecule has 1 heterocycles. The summed E-state index contributed by atoms with van der Waals surface area (Å²) in [7, 11) is 0. The van der Waals surface area contributed by atoms with E-state index >= 15 is 0 Å². The Labute approximate surface area is 99.5 Å². The summed E-state index contributed by atoms with van der Waals surface area (Å²) in [4.78, 5) is 4.38. The largest absolute Gasteiger partial charge is 0.309 e. The molecule has 0 saturated carbocycles. The lowest BCUT2D eigenvalue weighted by Gasteiger charge is -2.14. The molecule has 0 aliphatic heterocycles. The van der Waals surface area contributed by atoms with Crippen LogP contribution in [-0.4, -0.2) is 11.0 Å². The zero-order valence-electron chi connectivity index (χ0n) is 11.0. The van der Waals surface area contributed by atoms with Crippen molar-refractivity contribution in [2.24, 2.45) is 5.92 Å². The molecule has 0 fully saturated rings. The number of hydrogen-bond donors (Lipinski definition) is 1. The fraction of sp³-hybridized carbons (Fsp3) is 0.643. The Kier molecular flexibility index (Phi) is 5.47. The van der Waals surface area contributed by atoms with Gasteiger partial charge in [0.25, 0.3) is 0 Å². The molecule has 90 valence electrons. The second-order valence-corrected chi connectivity index (χ2v) is 5.08. The van der Waals surface area contributed by atoms with Gasteiger partial charge in [0.1, 0.15) is 0 Å². The second-order valence-electron chi connectivity index (χ2n) is 5.08. The van der Waals surface area contributed by atoms with Gasteiger partial charge >= 0.3 is 0 Å². The molecule has 1 aromatic rings. The standard InChI is InChI=1S/C14H24N2/c1-11(2)5-7-13(4)15-10-14-8-6-12(3)9-16-14/h6,8-9,11,13,15H,5,7,10H2,1-4H3. The fourth-order valence-electron chi connectivity index (χ4n) is 1.57. The molecule has 1 aromatic heterocycles. The smallest absolute Gasteiger partial charge is 0.0541 e. The summed E-state index contributed by atoms with van der Waals surface area (Å²) in [5, 5.41) is 3.51. The summed E-state index contributed by atoms with van der Waals surface area (Å²) in [5.41, 5.74) is 2.35. The number of aryl methyl sites for hydroxylation is 1. The third kappa shape index (κ3) is 5.26. The van der Waals surface area contributed by atoms with Crippen LogP contribution in [0.5, 0.6) is 0 Å². The van der Waals surface area contributed by atoms with Crippen molar-refractivity contribution in [2.75, 3.05) is 0 Å². The first-order valence-corrected chi connectivity index (χ1v) is 6.23. The number of rotatable bonds is 6. The summed E-state index contributed by atoms with van der Waals surface area (Å²) >= 11 is 0. The molecular weight excluding hydrogens is 196 g/mol.